The number of likely N-dealkylation sites (tertiary alicyclic amines) is 1. The molecule has 5 rings (SSSR count). The molecule has 2 aliphatic rings. The molecule has 2 atom stereocenters. The Kier molecular flexibility index (Phi) is 4.19. The van der Waals surface area contributed by atoms with Gasteiger partial charge in [0.05, 0.1) is 4.88 Å². The smallest absolute Gasteiger partial charge is 0.151 e. The van der Waals surface area contributed by atoms with Gasteiger partial charge in [-0.1, -0.05) is 36.4 Å². The molecule has 2 saturated heterocycles. The first-order valence-corrected chi connectivity index (χ1v) is 10.1. The number of hydrogen-bond acceptors (Lipinski definition) is 5. The van der Waals surface area contributed by atoms with E-state index in [2.05, 4.69) is 80.0 Å². The molecule has 132 valence electrons. The maximum Gasteiger partial charge on any atom is 0.151 e. The van der Waals surface area contributed by atoms with Crippen LogP contribution in [0.5, 0.6) is 0 Å². The van der Waals surface area contributed by atoms with Crippen molar-refractivity contribution in [2.45, 2.75) is 6.54 Å². The van der Waals surface area contributed by atoms with Crippen molar-refractivity contribution in [2.75, 3.05) is 31.1 Å². The fraction of sp³-hybridized carbons (Fsp3) is 0.333. The number of anilines is 1. The molecule has 0 unspecified atom stereocenters. The van der Waals surface area contributed by atoms with Gasteiger partial charge in [-0.3, -0.25) is 4.90 Å². The highest BCUT2D eigenvalue weighted by molar-refractivity contribution is 7.13. The van der Waals surface area contributed by atoms with Gasteiger partial charge in [0.2, 0.25) is 0 Å². The van der Waals surface area contributed by atoms with Crippen LogP contribution in [-0.4, -0.2) is 41.3 Å². The average Bonchev–Trinajstić information content (AvgIpc) is 3.39. The Balaban J connectivity index is 1.21. The van der Waals surface area contributed by atoms with Crippen LogP contribution in [0.4, 0.5) is 5.82 Å². The predicted molar refractivity (Wildman–Crippen MR) is 106 cm³/mol. The van der Waals surface area contributed by atoms with Gasteiger partial charge in [0.1, 0.15) is 5.69 Å². The molecule has 0 amide bonds. The number of fused-ring (bicyclic) bond motifs is 1. The molecule has 0 spiro atoms. The zero-order valence-electron chi connectivity index (χ0n) is 14.7. The summed E-state index contributed by atoms with van der Waals surface area (Å²) < 4.78 is 0. The first kappa shape index (κ1) is 16.0. The SMILES string of the molecule is c1ccc(CN2C[C@@H]3CN(c4ccc(-c5cccs5)nn4)C[C@H]3C2)cc1. The van der Waals surface area contributed by atoms with E-state index in [4.69, 9.17) is 0 Å². The van der Waals surface area contributed by atoms with Gasteiger partial charge in [-0.2, -0.15) is 0 Å². The lowest BCUT2D eigenvalue weighted by Gasteiger charge is -2.22. The van der Waals surface area contributed by atoms with Crippen molar-refractivity contribution < 1.29 is 0 Å². The molecule has 0 bridgehead atoms. The molecule has 4 heterocycles. The Morgan fingerprint density at radius 2 is 1.65 bits per heavy atom. The third-order valence-electron chi connectivity index (χ3n) is 5.56. The third-order valence-corrected chi connectivity index (χ3v) is 6.45. The summed E-state index contributed by atoms with van der Waals surface area (Å²) in [6.45, 7) is 5.66. The Hall–Kier alpha value is -2.24. The van der Waals surface area contributed by atoms with Crippen molar-refractivity contribution in [3.8, 4) is 10.6 Å². The monoisotopic (exact) mass is 362 g/mol. The van der Waals surface area contributed by atoms with Crippen LogP contribution in [-0.2, 0) is 6.54 Å². The molecule has 0 aliphatic carbocycles. The summed E-state index contributed by atoms with van der Waals surface area (Å²) in [6.07, 6.45) is 0. The standard InChI is InChI=1S/C21H22N4S/c1-2-5-16(6-3-1)11-24-12-17-14-25(15-18(17)13-24)21-9-8-19(22-23-21)20-7-4-10-26-20/h1-10,17-18H,11-15H2/t17-,18-/m1/s1. The number of thiophene rings is 1. The molecule has 2 aliphatic heterocycles. The molecule has 2 aromatic heterocycles. The fourth-order valence-corrected chi connectivity index (χ4v) is 4.99. The Labute approximate surface area is 158 Å². The summed E-state index contributed by atoms with van der Waals surface area (Å²) in [5.74, 6) is 2.52. The minimum atomic E-state index is 0.748. The number of hydrogen-bond donors (Lipinski definition) is 0. The largest absolute Gasteiger partial charge is 0.354 e. The van der Waals surface area contributed by atoms with Crippen LogP contribution in [0.3, 0.4) is 0 Å². The number of benzene rings is 1. The van der Waals surface area contributed by atoms with Gasteiger partial charge in [0.25, 0.3) is 0 Å². The summed E-state index contributed by atoms with van der Waals surface area (Å²) in [7, 11) is 0. The highest BCUT2D eigenvalue weighted by Gasteiger charge is 2.40. The minimum absolute atomic E-state index is 0.748. The van der Waals surface area contributed by atoms with Gasteiger partial charge in [0, 0.05) is 32.7 Å². The second kappa shape index (κ2) is 6.82. The van der Waals surface area contributed by atoms with Crippen LogP contribution in [0.1, 0.15) is 5.56 Å². The topological polar surface area (TPSA) is 32.3 Å². The zero-order valence-corrected chi connectivity index (χ0v) is 15.5. The molecule has 26 heavy (non-hydrogen) atoms. The van der Waals surface area contributed by atoms with Gasteiger partial charge in [-0.15, -0.1) is 21.5 Å². The van der Waals surface area contributed by atoms with E-state index in [9.17, 15) is 0 Å². The van der Waals surface area contributed by atoms with Crippen molar-refractivity contribution in [1.29, 1.82) is 0 Å². The summed E-state index contributed by atoms with van der Waals surface area (Å²) in [6, 6.07) is 19.2. The van der Waals surface area contributed by atoms with Crippen LogP contribution in [0.25, 0.3) is 10.6 Å². The summed E-state index contributed by atoms with van der Waals surface area (Å²) >= 11 is 1.71. The van der Waals surface area contributed by atoms with E-state index in [0.29, 0.717) is 0 Å². The molecular formula is C21H22N4S. The summed E-state index contributed by atoms with van der Waals surface area (Å²) in [5, 5.41) is 11.0. The quantitative estimate of drug-likeness (QED) is 0.707. The van der Waals surface area contributed by atoms with Crippen LogP contribution in [0, 0.1) is 11.8 Å². The molecule has 0 saturated carbocycles. The Morgan fingerprint density at radius 1 is 0.846 bits per heavy atom. The molecule has 5 heteroatoms. The Morgan fingerprint density at radius 3 is 2.31 bits per heavy atom. The van der Waals surface area contributed by atoms with E-state index in [1.807, 2.05) is 0 Å². The minimum Gasteiger partial charge on any atom is -0.354 e. The lowest BCUT2D eigenvalue weighted by Crippen LogP contribution is -2.29. The second-order valence-corrected chi connectivity index (χ2v) is 8.31. The van der Waals surface area contributed by atoms with E-state index in [1.165, 1.54) is 23.5 Å². The van der Waals surface area contributed by atoms with E-state index >= 15 is 0 Å². The maximum atomic E-state index is 4.50. The van der Waals surface area contributed by atoms with Gasteiger partial charge >= 0.3 is 0 Å². The van der Waals surface area contributed by atoms with Gasteiger partial charge < -0.3 is 4.90 Å². The lowest BCUT2D eigenvalue weighted by molar-refractivity contribution is 0.309. The van der Waals surface area contributed by atoms with Crippen molar-refractivity contribution in [1.82, 2.24) is 15.1 Å². The van der Waals surface area contributed by atoms with E-state index < -0.39 is 0 Å². The molecule has 4 nitrogen and oxygen atoms in total. The number of aromatic nitrogens is 2. The highest BCUT2D eigenvalue weighted by atomic mass is 32.1. The number of nitrogens with zero attached hydrogens (tertiary/aromatic N) is 4. The molecule has 2 fully saturated rings. The van der Waals surface area contributed by atoms with Crippen LogP contribution in [0.2, 0.25) is 0 Å². The van der Waals surface area contributed by atoms with Crippen molar-refractivity contribution in [3.63, 3.8) is 0 Å². The molecule has 0 N–H and O–H groups in total. The first-order valence-electron chi connectivity index (χ1n) is 9.24. The second-order valence-electron chi connectivity index (χ2n) is 7.36. The Bertz CT molecular complexity index is 833. The van der Waals surface area contributed by atoms with Crippen LogP contribution < -0.4 is 4.90 Å². The summed E-state index contributed by atoms with van der Waals surface area (Å²) in [4.78, 5) is 6.20. The number of rotatable bonds is 4. The van der Waals surface area contributed by atoms with Crippen molar-refractivity contribution in [2.24, 2.45) is 11.8 Å². The van der Waals surface area contributed by atoms with Gasteiger partial charge in [-0.25, -0.2) is 0 Å². The van der Waals surface area contributed by atoms with Gasteiger partial charge in [-0.05, 0) is 41.0 Å². The molecule has 3 aromatic rings. The van der Waals surface area contributed by atoms with Gasteiger partial charge in [0.15, 0.2) is 5.82 Å². The molecule has 0 radical (unpaired) electrons. The molecule has 1 aromatic carbocycles. The van der Waals surface area contributed by atoms with Crippen LogP contribution >= 0.6 is 11.3 Å². The van der Waals surface area contributed by atoms with Crippen molar-refractivity contribution >= 4 is 17.2 Å². The zero-order chi connectivity index (χ0) is 17.3. The first-order chi connectivity index (χ1) is 12.8. The van der Waals surface area contributed by atoms with E-state index in [-0.39, 0.29) is 0 Å². The third kappa shape index (κ3) is 3.13. The normalized spacial score (nSPS) is 22.7. The lowest BCUT2D eigenvalue weighted by atomic mass is 10.0. The van der Waals surface area contributed by atoms with Crippen molar-refractivity contribution in [3.05, 3.63) is 65.5 Å². The highest BCUT2D eigenvalue weighted by Crippen LogP contribution is 2.34. The predicted octanol–water partition coefficient (Wildman–Crippen LogP) is 3.77. The van der Waals surface area contributed by atoms with Crippen LogP contribution in [0.15, 0.2) is 60.0 Å². The van der Waals surface area contributed by atoms with E-state index in [1.54, 1.807) is 11.3 Å². The summed E-state index contributed by atoms with van der Waals surface area (Å²) in [5.41, 5.74) is 2.39. The molecular weight excluding hydrogens is 340 g/mol. The fourth-order valence-electron chi connectivity index (χ4n) is 4.30. The average molecular weight is 363 g/mol. The maximum absolute atomic E-state index is 4.50. The van der Waals surface area contributed by atoms with E-state index in [0.717, 1.165) is 43.0 Å².